The van der Waals surface area contributed by atoms with Gasteiger partial charge in [0.1, 0.15) is 5.75 Å². The summed E-state index contributed by atoms with van der Waals surface area (Å²) < 4.78 is 7.46. The first-order valence-electron chi connectivity index (χ1n) is 11.3. The quantitative estimate of drug-likeness (QED) is 0.335. The summed E-state index contributed by atoms with van der Waals surface area (Å²) in [4.78, 5) is 28.8. The number of hydrazone groups is 1. The van der Waals surface area contributed by atoms with E-state index in [0.717, 1.165) is 34.1 Å². The predicted octanol–water partition coefficient (Wildman–Crippen LogP) is 3.56. The van der Waals surface area contributed by atoms with E-state index in [1.807, 2.05) is 73.0 Å². The van der Waals surface area contributed by atoms with E-state index in [1.54, 1.807) is 18.2 Å². The second kappa shape index (κ2) is 10.7. The number of para-hydroxylation sites is 3. The smallest absolute Gasteiger partial charge is 0.329 e. The molecule has 4 rings (SSSR count). The molecule has 35 heavy (non-hydrogen) atoms. The molecule has 0 atom stereocenters. The third kappa shape index (κ3) is 5.17. The van der Waals surface area contributed by atoms with Crippen molar-refractivity contribution in [3.05, 3.63) is 76.6 Å². The number of hydrogen-bond donors (Lipinski definition) is 1. The van der Waals surface area contributed by atoms with Crippen LogP contribution in [0.3, 0.4) is 0 Å². The molecular weight excluding hydrogens is 466 g/mol. The fourth-order valence-electron chi connectivity index (χ4n) is 4.32. The third-order valence-corrected chi connectivity index (χ3v) is 6.44. The summed E-state index contributed by atoms with van der Waals surface area (Å²) >= 11 is 6.36. The maximum Gasteiger partial charge on any atom is 0.329 e. The molecule has 0 saturated carbocycles. The molecule has 1 aromatic heterocycles. The van der Waals surface area contributed by atoms with Crippen LogP contribution in [-0.2, 0) is 9.59 Å². The predicted molar refractivity (Wildman–Crippen MR) is 138 cm³/mol. The molecule has 3 aromatic rings. The summed E-state index contributed by atoms with van der Waals surface area (Å²) in [6.07, 6.45) is 1.54. The summed E-state index contributed by atoms with van der Waals surface area (Å²) in [6, 6.07) is 17.3. The van der Waals surface area contributed by atoms with E-state index in [2.05, 4.69) is 15.4 Å². The van der Waals surface area contributed by atoms with E-state index in [1.165, 1.54) is 0 Å². The number of piperazine rings is 1. The maximum absolute atomic E-state index is 12.6. The molecule has 2 aromatic carbocycles. The first-order chi connectivity index (χ1) is 16.9. The number of hydrogen-bond acceptors (Lipinski definition) is 5. The SMILES string of the molecule is COc1ccccc1N1CCN(C(=O)C(=O)N/N=C\c2cc(C)n(-c3ccccc3Cl)c2C)CC1. The first-order valence-corrected chi connectivity index (χ1v) is 11.7. The first kappa shape index (κ1) is 24.3. The molecular formula is C26H28ClN5O3. The van der Waals surface area contributed by atoms with Gasteiger partial charge in [-0.2, -0.15) is 5.10 Å². The van der Waals surface area contributed by atoms with Crippen LogP contribution >= 0.6 is 11.6 Å². The van der Waals surface area contributed by atoms with Gasteiger partial charge >= 0.3 is 11.8 Å². The number of methoxy groups -OCH3 is 1. The number of nitrogens with zero attached hydrogens (tertiary/aromatic N) is 4. The van der Waals surface area contributed by atoms with Crippen LogP contribution in [0.1, 0.15) is 17.0 Å². The minimum atomic E-state index is -0.757. The molecule has 1 N–H and O–H groups in total. The van der Waals surface area contributed by atoms with Crippen LogP contribution in [0.4, 0.5) is 5.69 Å². The van der Waals surface area contributed by atoms with Crippen molar-refractivity contribution in [2.75, 3.05) is 38.2 Å². The van der Waals surface area contributed by atoms with Gasteiger partial charge in [0, 0.05) is 43.1 Å². The maximum atomic E-state index is 12.6. The number of benzene rings is 2. The second-order valence-electron chi connectivity index (χ2n) is 8.26. The topological polar surface area (TPSA) is 79.2 Å². The Hall–Kier alpha value is -3.78. The Kier molecular flexibility index (Phi) is 7.41. The number of rotatable bonds is 5. The lowest BCUT2D eigenvalue weighted by Gasteiger charge is -2.36. The average Bonchev–Trinajstić information content (AvgIpc) is 3.16. The Morgan fingerprint density at radius 1 is 1.00 bits per heavy atom. The zero-order valence-electron chi connectivity index (χ0n) is 20.0. The molecule has 0 aliphatic carbocycles. The normalized spacial score (nSPS) is 13.8. The summed E-state index contributed by atoms with van der Waals surface area (Å²) in [5.74, 6) is -0.566. The molecule has 2 amide bonds. The molecule has 1 aliphatic heterocycles. The monoisotopic (exact) mass is 493 g/mol. The minimum Gasteiger partial charge on any atom is -0.495 e. The van der Waals surface area contributed by atoms with Crippen LogP contribution in [0.25, 0.3) is 5.69 Å². The largest absolute Gasteiger partial charge is 0.495 e. The molecule has 0 bridgehead atoms. The van der Waals surface area contributed by atoms with Crippen LogP contribution in [-0.4, -0.2) is 60.8 Å². The van der Waals surface area contributed by atoms with Crippen molar-refractivity contribution < 1.29 is 14.3 Å². The molecule has 9 heteroatoms. The van der Waals surface area contributed by atoms with E-state index in [9.17, 15) is 9.59 Å². The molecule has 0 unspecified atom stereocenters. The summed E-state index contributed by atoms with van der Waals surface area (Å²) in [5.41, 5.74) is 6.94. The van der Waals surface area contributed by atoms with E-state index < -0.39 is 11.8 Å². The number of carbonyl (C=O) groups excluding carboxylic acids is 2. The Morgan fingerprint density at radius 3 is 2.34 bits per heavy atom. The number of halogens is 1. The molecule has 0 spiro atoms. The van der Waals surface area contributed by atoms with Crippen LogP contribution < -0.4 is 15.1 Å². The van der Waals surface area contributed by atoms with Crippen LogP contribution in [0.2, 0.25) is 5.02 Å². The fraction of sp³-hybridized carbons (Fsp3) is 0.269. The van der Waals surface area contributed by atoms with Gasteiger partial charge in [-0.05, 0) is 44.2 Å². The van der Waals surface area contributed by atoms with Gasteiger partial charge in [0.25, 0.3) is 0 Å². The van der Waals surface area contributed by atoms with Gasteiger partial charge in [-0.15, -0.1) is 0 Å². The Morgan fingerprint density at radius 2 is 1.66 bits per heavy atom. The summed E-state index contributed by atoms with van der Waals surface area (Å²) in [5, 5.41) is 4.67. The van der Waals surface area contributed by atoms with Crippen molar-refractivity contribution in [3.8, 4) is 11.4 Å². The molecule has 182 valence electrons. The van der Waals surface area contributed by atoms with Gasteiger partial charge < -0.3 is 19.1 Å². The number of aromatic nitrogens is 1. The van der Waals surface area contributed by atoms with Gasteiger partial charge in [-0.1, -0.05) is 35.9 Å². The molecule has 8 nitrogen and oxygen atoms in total. The number of nitrogens with one attached hydrogen (secondary N) is 1. The minimum absolute atomic E-state index is 0.438. The number of anilines is 1. The van der Waals surface area contributed by atoms with Gasteiger partial charge in [-0.25, -0.2) is 5.43 Å². The van der Waals surface area contributed by atoms with Gasteiger partial charge in [-0.3, -0.25) is 9.59 Å². The molecule has 0 radical (unpaired) electrons. The van der Waals surface area contributed by atoms with E-state index in [-0.39, 0.29) is 0 Å². The lowest BCUT2D eigenvalue weighted by atomic mass is 10.2. The van der Waals surface area contributed by atoms with Crippen molar-refractivity contribution in [1.82, 2.24) is 14.9 Å². The Bertz CT molecular complexity index is 1260. The summed E-state index contributed by atoms with van der Waals surface area (Å²) in [7, 11) is 1.64. The van der Waals surface area contributed by atoms with Crippen LogP contribution in [0.15, 0.2) is 59.7 Å². The third-order valence-electron chi connectivity index (χ3n) is 6.12. The van der Waals surface area contributed by atoms with Crippen molar-refractivity contribution in [2.24, 2.45) is 5.10 Å². The van der Waals surface area contributed by atoms with E-state index >= 15 is 0 Å². The highest BCUT2D eigenvalue weighted by molar-refractivity contribution is 6.35. The molecule has 1 saturated heterocycles. The van der Waals surface area contributed by atoms with E-state index in [4.69, 9.17) is 16.3 Å². The lowest BCUT2D eigenvalue weighted by Crippen LogP contribution is -2.52. The van der Waals surface area contributed by atoms with Crippen LogP contribution in [0, 0.1) is 13.8 Å². The van der Waals surface area contributed by atoms with Crippen molar-refractivity contribution >= 4 is 35.3 Å². The Balaban J connectivity index is 1.36. The molecule has 2 heterocycles. The fourth-order valence-corrected chi connectivity index (χ4v) is 4.54. The Labute approximate surface area is 209 Å². The number of ether oxygens (including phenoxy) is 1. The van der Waals surface area contributed by atoms with Gasteiger partial charge in [0.05, 0.1) is 29.7 Å². The van der Waals surface area contributed by atoms with Crippen LogP contribution in [0.5, 0.6) is 5.75 Å². The van der Waals surface area contributed by atoms with Crippen molar-refractivity contribution in [1.29, 1.82) is 0 Å². The zero-order chi connectivity index (χ0) is 24.9. The number of amides is 2. The van der Waals surface area contributed by atoms with Crippen molar-refractivity contribution in [2.45, 2.75) is 13.8 Å². The van der Waals surface area contributed by atoms with Gasteiger partial charge in [0.2, 0.25) is 0 Å². The van der Waals surface area contributed by atoms with E-state index in [0.29, 0.717) is 31.2 Å². The average molecular weight is 494 g/mol. The summed E-state index contributed by atoms with van der Waals surface area (Å²) in [6.45, 7) is 6.01. The number of aryl methyl sites for hydroxylation is 1. The van der Waals surface area contributed by atoms with Gasteiger partial charge in [0.15, 0.2) is 0 Å². The standard InChI is InChI=1S/C26H28ClN5O3/c1-18-16-20(19(2)32(18)22-9-5-4-8-21(22)27)17-28-29-25(33)26(34)31-14-12-30(13-15-31)23-10-6-7-11-24(23)35-3/h4-11,16-17H,12-15H2,1-3H3,(H,29,33)/b28-17-. The highest BCUT2D eigenvalue weighted by Crippen LogP contribution is 2.28. The highest BCUT2D eigenvalue weighted by Gasteiger charge is 2.27. The number of carbonyl (C=O) groups is 2. The zero-order valence-corrected chi connectivity index (χ0v) is 20.7. The molecule has 1 aliphatic rings. The lowest BCUT2D eigenvalue weighted by molar-refractivity contribution is -0.146. The second-order valence-corrected chi connectivity index (χ2v) is 8.67. The highest BCUT2D eigenvalue weighted by atomic mass is 35.5. The van der Waals surface area contributed by atoms with Crippen molar-refractivity contribution in [3.63, 3.8) is 0 Å². The molecule has 1 fully saturated rings.